The number of hydrogen-bond donors (Lipinski definition) is 1. The second-order valence-electron chi connectivity index (χ2n) is 6.35. The van der Waals surface area contributed by atoms with E-state index in [0.717, 1.165) is 13.0 Å². The minimum absolute atomic E-state index is 0.00400. The highest BCUT2D eigenvalue weighted by atomic mass is 16.5. The maximum absolute atomic E-state index is 5.51. The Morgan fingerprint density at radius 3 is 2.12 bits per heavy atom. The summed E-state index contributed by atoms with van der Waals surface area (Å²) in [7, 11) is 1.81. The van der Waals surface area contributed by atoms with Crippen molar-refractivity contribution >= 4 is 0 Å². The molecule has 1 N–H and O–H groups in total. The van der Waals surface area contributed by atoms with E-state index in [-0.39, 0.29) is 5.60 Å². The van der Waals surface area contributed by atoms with Crippen LogP contribution < -0.4 is 5.32 Å². The summed E-state index contributed by atoms with van der Waals surface area (Å²) >= 11 is 0. The van der Waals surface area contributed by atoms with Crippen molar-refractivity contribution in [2.45, 2.75) is 78.9 Å². The van der Waals surface area contributed by atoms with Crippen molar-refractivity contribution in [3.63, 3.8) is 0 Å². The van der Waals surface area contributed by atoms with E-state index in [2.05, 4.69) is 46.9 Å². The van der Waals surface area contributed by atoms with E-state index >= 15 is 0 Å². The van der Waals surface area contributed by atoms with E-state index in [4.69, 9.17) is 4.74 Å². The lowest BCUT2D eigenvalue weighted by Crippen LogP contribution is -2.43. The Hall–Kier alpha value is -0.0800. The van der Waals surface area contributed by atoms with Gasteiger partial charge in [0, 0.05) is 13.2 Å². The van der Waals surface area contributed by atoms with Crippen LogP contribution in [-0.4, -0.2) is 25.3 Å². The molecule has 0 aromatic rings. The summed E-state index contributed by atoms with van der Waals surface area (Å²) in [4.78, 5) is 0. The average Bonchev–Trinajstić information content (AvgIpc) is 2.28. The Balaban J connectivity index is 4.39. The molecule has 0 fully saturated rings. The molecule has 0 amide bonds. The van der Waals surface area contributed by atoms with Crippen molar-refractivity contribution in [1.29, 1.82) is 0 Å². The lowest BCUT2D eigenvalue weighted by atomic mass is 9.78. The second kappa shape index (κ2) is 7.38. The Labute approximate surface area is 109 Å². The van der Waals surface area contributed by atoms with Crippen molar-refractivity contribution in [3.05, 3.63) is 0 Å². The van der Waals surface area contributed by atoms with Crippen LogP contribution in [0.15, 0.2) is 0 Å². The number of nitrogens with one attached hydrogen (secondary N) is 1. The molecule has 2 heteroatoms. The molecule has 17 heavy (non-hydrogen) atoms. The van der Waals surface area contributed by atoms with Crippen LogP contribution in [0.5, 0.6) is 0 Å². The summed E-state index contributed by atoms with van der Waals surface area (Å²) in [6, 6.07) is 0.585. The van der Waals surface area contributed by atoms with Crippen LogP contribution in [-0.2, 0) is 4.74 Å². The number of rotatable bonds is 9. The molecule has 0 saturated heterocycles. The third-order valence-electron chi connectivity index (χ3n) is 4.08. The zero-order valence-electron chi connectivity index (χ0n) is 13.0. The molecule has 0 aliphatic carbocycles. The van der Waals surface area contributed by atoms with E-state index < -0.39 is 0 Å². The lowest BCUT2D eigenvalue weighted by molar-refractivity contribution is 0.00783. The van der Waals surface area contributed by atoms with E-state index in [1.807, 2.05) is 0 Å². The van der Waals surface area contributed by atoms with Gasteiger partial charge in [0.2, 0.25) is 0 Å². The van der Waals surface area contributed by atoms with Crippen LogP contribution in [0.25, 0.3) is 0 Å². The maximum atomic E-state index is 5.51. The van der Waals surface area contributed by atoms with Crippen molar-refractivity contribution < 1.29 is 4.74 Å². The van der Waals surface area contributed by atoms with Gasteiger partial charge in [-0.1, -0.05) is 27.7 Å². The van der Waals surface area contributed by atoms with Gasteiger partial charge in [-0.25, -0.2) is 0 Å². The zero-order chi connectivity index (χ0) is 13.5. The van der Waals surface area contributed by atoms with Crippen molar-refractivity contribution in [3.8, 4) is 0 Å². The standard InChI is InChI=1S/C15H33NO/c1-8-12-16-13(14(3,4)9-2)10-11-15(5,6)17-7/h13,16H,8-12H2,1-7H3. The van der Waals surface area contributed by atoms with Gasteiger partial charge in [-0.2, -0.15) is 0 Å². The van der Waals surface area contributed by atoms with Gasteiger partial charge in [-0.3, -0.25) is 0 Å². The summed E-state index contributed by atoms with van der Waals surface area (Å²) < 4.78 is 5.51. The first kappa shape index (κ1) is 16.9. The molecule has 0 heterocycles. The second-order valence-corrected chi connectivity index (χ2v) is 6.35. The van der Waals surface area contributed by atoms with Crippen LogP contribution in [0, 0.1) is 5.41 Å². The van der Waals surface area contributed by atoms with Gasteiger partial charge >= 0.3 is 0 Å². The quantitative estimate of drug-likeness (QED) is 0.661. The first-order chi connectivity index (χ1) is 7.79. The van der Waals surface area contributed by atoms with Crippen LogP contribution in [0.3, 0.4) is 0 Å². The molecule has 0 aromatic heterocycles. The van der Waals surface area contributed by atoms with Gasteiger partial charge in [0.15, 0.2) is 0 Å². The fourth-order valence-electron chi connectivity index (χ4n) is 1.93. The predicted octanol–water partition coefficient (Wildman–Crippen LogP) is 4.00. The molecule has 0 spiro atoms. The molecule has 1 unspecified atom stereocenters. The minimum atomic E-state index is -0.00400. The van der Waals surface area contributed by atoms with Crippen LogP contribution in [0.4, 0.5) is 0 Å². The molecule has 0 saturated carbocycles. The minimum Gasteiger partial charge on any atom is -0.379 e. The Kier molecular flexibility index (Phi) is 7.34. The molecule has 0 aromatic carbocycles. The number of methoxy groups -OCH3 is 1. The molecule has 104 valence electrons. The fraction of sp³-hybridized carbons (Fsp3) is 1.00. The SMILES string of the molecule is CCCNC(CCC(C)(C)OC)C(C)(C)CC. The molecule has 0 radical (unpaired) electrons. The van der Waals surface area contributed by atoms with Crippen molar-refractivity contribution in [1.82, 2.24) is 5.32 Å². The van der Waals surface area contributed by atoms with Crippen LogP contribution >= 0.6 is 0 Å². The van der Waals surface area contributed by atoms with Gasteiger partial charge in [-0.15, -0.1) is 0 Å². The van der Waals surface area contributed by atoms with Gasteiger partial charge in [0.25, 0.3) is 0 Å². The topological polar surface area (TPSA) is 21.3 Å². The summed E-state index contributed by atoms with van der Waals surface area (Å²) in [5.41, 5.74) is 0.356. The molecule has 0 rings (SSSR count). The number of ether oxygens (including phenoxy) is 1. The molecule has 0 aliphatic rings. The van der Waals surface area contributed by atoms with Gasteiger partial charge in [0.05, 0.1) is 5.60 Å². The average molecular weight is 243 g/mol. The molecule has 1 atom stereocenters. The molecular weight excluding hydrogens is 210 g/mol. The summed E-state index contributed by atoms with van der Waals surface area (Å²) in [5, 5.41) is 3.70. The van der Waals surface area contributed by atoms with Gasteiger partial charge < -0.3 is 10.1 Å². The number of hydrogen-bond acceptors (Lipinski definition) is 2. The molecule has 2 nitrogen and oxygen atoms in total. The highest BCUT2D eigenvalue weighted by Crippen LogP contribution is 2.30. The molecule has 0 bridgehead atoms. The van der Waals surface area contributed by atoms with E-state index in [1.54, 1.807) is 7.11 Å². The monoisotopic (exact) mass is 243 g/mol. The largest absolute Gasteiger partial charge is 0.379 e. The Bertz CT molecular complexity index is 199. The molecule has 0 aliphatic heterocycles. The van der Waals surface area contributed by atoms with Crippen molar-refractivity contribution in [2.75, 3.05) is 13.7 Å². The van der Waals surface area contributed by atoms with Crippen LogP contribution in [0.2, 0.25) is 0 Å². The third kappa shape index (κ3) is 6.42. The molecular formula is C15H33NO. The summed E-state index contributed by atoms with van der Waals surface area (Å²) in [6.45, 7) is 14.7. The normalized spacial score (nSPS) is 15.0. The summed E-state index contributed by atoms with van der Waals surface area (Å²) in [5.74, 6) is 0. The zero-order valence-corrected chi connectivity index (χ0v) is 13.0. The smallest absolute Gasteiger partial charge is 0.0623 e. The van der Waals surface area contributed by atoms with E-state index in [0.29, 0.717) is 11.5 Å². The van der Waals surface area contributed by atoms with Crippen LogP contribution in [0.1, 0.15) is 67.2 Å². The Morgan fingerprint density at radius 2 is 1.71 bits per heavy atom. The van der Waals surface area contributed by atoms with Crippen molar-refractivity contribution in [2.24, 2.45) is 5.41 Å². The van der Waals surface area contributed by atoms with E-state index in [1.165, 1.54) is 19.3 Å². The Morgan fingerprint density at radius 1 is 1.12 bits per heavy atom. The van der Waals surface area contributed by atoms with Gasteiger partial charge in [0.1, 0.15) is 0 Å². The lowest BCUT2D eigenvalue weighted by Gasteiger charge is -2.36. The first-order valence-corrected chi connectivity index (χ1v) is 7.07. The third-order valence-corrected chi connectivity index (χ3v) is 4.08. The first-order valence-electron chi connectivity index (χ1n) is 7.07. The summed E-state index contributed by atoms with van der Waals surface area (Å²) in [6.07, 6.45) is 4.70. The maximum Gasteiger partial charge on any atom is 0.0623 e. The highest BCUT2D eigenvalue weighted by molar-refractivity contribution is 4.85. The highest BCUT2D eigenvalue weighted by Gasteiger charge is 2.29. The predicted molar refractivity (Wildman–Crippen MR) is 76.5 cm³/mol. The fourth-order valence-corrected chi connectivity index (χ4v) is 1.93. The van der Waals surface area contributed by atoms with Gasteiger partial charge in [-0.05, 0) is 51.5 Å². The van der Waals surface area contributed by atoms with E-state index in [9.17, 15) is 0 Å².